The quantitative estimate of drug-likeness (QED) is 0.756. The third-order valence-electron chi connectivity index (χ3n) is 4.06. The van der Waals surface area contributed by atoms with Crippen LogP contribution in [0.3, 0.4) is 0 Å². The van der Waals surface area contributed by atoms with Gasteiger partial charge in [0.25, 0.3) is 0 Å². The molecule has 0 saturated carbocycles. The molecule has 1 heterocycles. The molecular formula is C17H16BrClN2O3. The molecule has 0 fully saturated rings. The van der Waals surface area contributed by atoms with Crippen LogP contribution in [-0.2, 0) is 11.2 Å². The minimum Gasteiger partial charge on any atom is -0.480 e. The Hall–Kier alpha value is -1.79. The van der Waals surface area contributed by atoms with Crippen molar-refractivity contribution in [1.29, 1.82) is 0 Å². The van der Waals surface area contributed by atoms with Crippen LogP contribution in [0.25, 0.3) is 0 Å². The van der Waals surface area contributed by atoms with Crippen molar-refractivity contribution in [3.05, 3.63) is 50.5 Å². The summed E-state index contributed by atoms with van der Waals surface area (Å²) in [6, 6.07) is 7.77. The maximum absolute atomic E-state index is 11.8. The second kappa shape index (κ2) is 6.99. The van der Waals surface area contributed by atoms with Gasteiger partial charge in [-0.15, -0.1) is 0 Å². The lowest BCUT2D eigenvalue weighted by Crippen LogP contribution is -2.12. The molecule has 3 rings (SSSR count). The van der Waals surface area contributed by atoms with E-state index < -0.39 is 5.97 Å². The van der Waals surface area contributed by atoms with Crippen LogP contribution < -0.4 is 10.1 Å². The highest BCUT2D eigenvalue weighted by Gasteiger charge is 2.26. The van der Waals surface area contributed by atoms with E-state index in [2.05, 4.69) is 32.3 Å². The maximum Gasteiger partial charge on any atom is 0.343 e. The predicted octanol–water partition coefficient (Wildman–Crippen LogP) is 4.39. The van der Waals surface area contributed by atoms with Crippen LogP contribution in [-0.4, -0.2) is 25.2 Å². The molecular weight excluding hydrogens is 396 g/mol. The molecule has 1 aromatic heterocycles. The number of halogens is 2. The van der Waals surface area contributed by atoms with Gasteiger partial charge in [-0.25, -0.2) is 4.79 Å². The third-order valence-corrected chi connectivity index (χ3v) is 5.10. The van der Waals surface area contributed by atoms with Gasteiger partial charge in [0.2, 0.25) is 5.88 Å². The summed E-state index contributed by atoms with van der Waals surface area (Å²) in [6.45, 7) is 0. The highest BCUT2D eigenvalue weighted by molar-refractivity contribution is 9.10. The van der Waals surface area contributed by atoms with Crippen LogP contribution in [0.2, 0.25) is 5.02 Å². The first-order valence-corrected chi connectivity index (χ1v) is 8.59. The number of anilines is 1. The molecule has 0 amide bonds. The Morgan fingerprint density at radius 2 is 2.21 bits per heavy atom. The van der Waals surface area contributed by atoms with Gasteiger partial charge in [0.1, 0.15) is 11.4 Å². The van der Waals surface area contributed by atoms with E-state index in [4.69, 9.17) is 21.1 Å². The lowest BCUT2D eigenvalue weighted by Gasteiger charge is -2.17. The lowest BCUT2D eigenvalue weighted by molar-refractivity contribution is 0.0596. The Morgan fingerprint density at radius 1 is 1.42 bits per heavy atom. The standard InChI is InChI=1S/C17H16BrClN2O3/c1-23-16-11(17(22)24-2)8-13(19)15(21-16)20-14-7-6-9-10(14)4-3-5-12(9)18/h3-5,8,14H,6-7H2,1-2H3,(H,20,21)/t14-/m0/s1. The number of ether oxygens (including phenoxy) is 2. The molecule has 7 heteroatoms. The molecule has 0 unspecified atom stereocenters. The van der Waals surface area contributed by atoms with Crippen molar-refractivity contribution < 1.29 is 14.3 Å². The zero-order chi connectivity index (χ0) is 17.3. The van der Waals surface area contributed by atoms with Crippen molar-refractivity contribution in [1.82, 2.24) is 4.98 Å². The number of carbonyl (C=O) groups excluding carboxylic acids is 1. The first-order chi connectivity index (χ1) is 11.5. The van der Waals surface area contributed by atoms with Gasteiger partial charge in [-0.3, -0.25) is 0 Å². The van der Waals surface area contributed by atoms with Gasteiger partial charge < -0.3 is 14.8 Å². The van der Waals surface area contributed by atoms with Crippen LogP contribution in [0.1, 0.15) is 33.9 Å². The Bertz CT molecular complexity index is 798. The Kier molecular flexibility index (Phi) is 4.96. The maximum atomic E-state index is 11.8. The predicted molar refractivity (Wildman–Crippen MR) is 96.0 cm³/mol. The van der Waals surface area contributed by atoms with E-state index in [0.29, 0.717) is 10.8 Å². The normalized spacial score (nSPS) is 15.8. The molecule has 0 bridgehead atoms. The number of esters is 1. The van der Waals surface area contributed by atoms with Gasteiger partial charge in [0.05, 0.1) is 25.3 Å². The van der Waals surface area contributed by atoms with E-state index in [0.717, 1.165) is 17.3 Å². The SMILES string of the molecule is COC(=O)c1cc(Cl)c(N[C@H]2CCc3c(Br)cccc32)nc1OC. The molecule has 0 spiro atoms. The number of aromatic nitrogens is 1. The fourth-order valence-corrected chi connectivity index (χ4v) is 3.70. The smallest absolute Gasteiger partial charge is 0.343 e. The molecule has 0 aliphatic heterocycles. The average molecular weight is 412 g/mol. The second-order valence-electron chi connectivity index (χ2n) is 5.41. The Balaban J connectivity index is 1.92. The van der Waals surface area contributed by atoms with Crippen molar-refractivity contribution >= 4 is 39.3 Å². The summed E-state index contributed by atoms with van der Waals surface area (Å²) in [6.07, 6.45) is 1.92. The zero-order valence-electron chi connectivity index (χ0n) is 13.2. The summed E-state index contributed by atoms with van der Waals surface area (Å²) in [5.41, 5.74) is 2.72. The van der Waals surface area contributed by atoms with Crippen molar-refractivity contribution in [2.75, 3.05) is 19.5 Å². The topological polar surface area (TPSA) is 60.5 Å². The molecule has 1 aromatic carbocycles. The van der Waals surface area contributed by atoms with Crippen LogP contribution in [0, 0.1) is 0 Å². The largest absolute Gasteiger partial charge is 0.480 e. The fourth-order valence-electron chi connectivity index (χ4n) is 2.91. The van der Waals surface area contributed by atoms with Gasteiger partial charge in [0.15, 0.2) is 0 Å². The summed E-state index contributed by atoms with van der Waals surface area (Å²) in [4.78, 5) is 16.1. The molecule has 1 N–H and O–H groups in total. The summed E-state index contributed by atoms with van der Waals surface area (Å²) in [5, 5.41) is 3.70. The van der Waals surface area contributed by atoms with Crippen LogP contribution in [0.15, 0.2) is 28.7 Å². The van der Waals surface area contributed by atoms with Crippen molar-refractivity contribution in [3.8, 4) is 5.88 Å². The first-order valence-electron chi connectivity index (χ1n) is 7.41. The summed E-state index contributed by atoms with van der Waals surface area (Å²) in [5.74, 6) is 0.128. The number of fused-ring (bicyclic) bond motifs is 1. The monoisotopic (exact) mass is 410 g/mol. The number of pyridine rings is 1. The average Bonchev–Trinajstić information content (AvgIpc) is 3.00. The number of benzene rings is 1. The zero-order valence-corrected chi connectivity index (χ0v) is 15.6. The molecule has 126 valence electrons. The number of rotatable bonds is 4. The van der Waals surface area contributed by atoms with Gasteiger partial charge in [0, 0.05) is 4.47 Å². The van der Waals surface area contributed by atoms with Gasteiger partial charge in [-0.2, -0.15) is 4.98 Å². The number of nitrogens with zero attached hydrogens (tertiary/aromatic N) is 1. The van der Waals surface area contributed by atoms with Gasteiger partial charge in [-0.1, -0.05) is 39.7 Å². The number of carbonyl (C=O) groups is 1. The van der Waals surface area contributed by atoms with Crippen molar-refractivity contribution in [2.24, 2.45) is 0 Å². The molecule has 0 saturated heterocycles. The Labute approximate surface area is 153 Å². The Morgan fingerprint density at radius 3 is 2.92 bits per heavy atom. The van der Waals surface area contributed by atoms with Crippen molar-refractivity contribution in [2.45, 2.75) is 18.9 Å². The number of hydrogen-bond donors (Lipinski definition) is 1. The molecule has 24 heavy (non-hydrogen) atoms. The van der Waals surface area contributed by atoms with E-state index in [9.17, 15) is 4.79 Å². The van der Waals surface area contributed by atoms with Gasteiger partial charge in [-0.05, 0) is 36.1 Å². The minimum atomic E-state index is -0.539. The molecule has 1 aliphatic rings. The van der Waals surface area contributed by atoms with E-state index in [1.807, 2.05) is 12.1 Å². The van der Waals surface area contributed by atoms with E-state index >= 15 is 0 Å². The highest BCUT2D eigenvalue weighted by Crippen LogP contribution is 2.39. The van der Waals surface area contributed by atoms with E-state index in [1.165, 1.54) is 31.4 Å². The molecule has 2 aromatic rings. The number of nitrogens with one attached hydrogen (secondary N) is 1. The highest BCUT2D eigenvalue weighted by atomic mass is 79.9. The molecule has 1 aliphatic carbocycles. The summed E-state index contributed by atoms with van der Waals surface area (Å²) >= 11 is 9.89. The summed E-state index contributed by atoms with van der Waals surface area (Å²) in [7, 11) is 2.75. The first kappa shape index (κ1) is 17.0. The second-order valence-corrected chi connectivity index (χ2v) is 6.67. The number of hydrogen-bond acceptors (Lipinski definition) is 5. The number of methoxy groups -OCH3 is 2. The molecule has 5 nitrogen and oxygen atoms in total. The minimum absolute atomic E-state index is 0.108. The van der Waals surface area contributed by atoms with Crippen LogP contribution >= 0.6 is 27.5 Å². The van der Waals surface area contributed by atoms with Gasteiger partial charge >= 0.3 is 5.97 Å². The lowest BCUT2D eigenvalue weighted by atomic mass is 10.1. The fraction of sp³-hybridized carbons (Fsp3) is 0.294. The van der Waals surface area contributed by atoms with E-state index in [1.54, 1.807) is 0 Å². The van der Waals surface area contributed by atoms with Crippen LogP contribution in [0.5, 0.6) is 5.88 Å². The summed E-state index contributed by atoms with van der Waals surface area (Å²) < 4.78 is 11.0. The van der Waals surface area contributed by atoms with E-state index in [-0.39, 0.29) is 17.5 Å². The van der Waals surface area contributed by atoms with Crippen molar-refractivity contribution in [3.63, 3.8) is 0 Å². The third kappa shape index (κ3) is 3.08. The molecule has 1 atom stereocenters. The van der Waals surface area contributed by atoms with Crippen LogP contribution in [0.4, 0.5) is 5.82 Å². The molecule has 0 radical (unpaired) electrons.